The smallest absolute Gasteiger partial charge is 0.182 e. The molecular weight excluding hydrogens is 206 g/mol. The Morgan fingerprint density at radius 1 is 1.44 bits per heavy atom. The van der Waals surface area contributed by atoms with E-state index >= 15 is 0 Å². The highest BCUT2D eigenvalue weighted by Gasteiger charge is 2.08. The Balaban J connectivity index is 2.29. The van der Waals surface area contributed by atoms with Crippen molar-refractivity contribution in [1.29, 1.82) is 0 Å². The second-order valence-electron chi connectivity index (χ2n) is 3.29. The summed E-state index contributed by atoms with van der Waals surface area (Å²) in [5.41, 5.74) is 6.34. The van der Waals surface area contributed by atoms with Gasteiger partial charge in [-0.15, -0.1) is 10.2 Å². The minimum atomic E-state index is 0.471. The summed E-state index contributed by atoms with van der Waals surface area (Å²) in [7, 11) is 1.66. The van der Waals surface area contributed by atoms with Crippen molar-refractivity contribution in [1.82, 2.24) is 19.7 Å². The predicted octanol–water partition coefficient (Wildman–Crippen LogP) is 0.569. The third kappa shape index (κ3) is 2.17. The molecule has 6 nitrogen and oxygen atoms in total. The van der Waals surface area contributed by atoms with E-state index in [0.717, 1.165) is 0 Å². The minimum absolute atomic E-state index is 0.471. The second kappa shape index (κ2) is 4.71. The van der Waals surface area contributed by atoms with E-state index < -0.39 is 0 Å². The van der Waals surface area contributed by atoms with Crippen LogP contribution in [-0.4, -0.2) is 33.5 Å². The third-order valence-electron chi connectivity index (χ3n) is 2.15. The van der Waals surface area contributed by atoms with Crippen LogP contribution in [0.15, 0.2) is 24.5 Å². The number of anilines is 1. The molecule has 16 heavy (non-hydrogen) atoms. The van der Waals surface area contributed by atoms with E-state index in [1.165, 1.54) is 0 Å². The minimum Gasteiger partial charge on any atom is -0.384 e. The molecule has 2 heterocycles. The van der Waals surface area contributed by atoms with Crippen molar-refractivity contribution in [3.8, 4) is 11.5 Å². The molecule has 84 valence electrons. The number of hydrogen-bond donors (Lipinski definition) is 1. The molecule has 0 fully saturated rings. The fourth-order valence-corrected chi connectivity index (χ4v) is 1.38. The molecule has 0 spiro atoms. The number of nitrogens with zero attached hydrogens (tertiary/aromatic N) is 4. The molecule has 6 heteroatoms. The number of rotatable bonds is 4. The first-order valence-corrected chi connectivity index (χ1v) is 4.91. The van der Waals surface area contributed by atoms with Gasteiger partial charge in [-0.25, -0.2) is 4.98 Å². The summed E-state index contributed by atoms with van der Waals surface area (Å²) in [5, 5.41) is 7.88. The van der Waals surface area contributed by atoms with E-state index in [2.05, 4.69) is 15.2 Å². The normalized spacial score (nSPS) is 10.6. The van der Waals surface area contributed by atoms with Gasteiger partial charge >= 0.3 is 0 Å². The van der Waals surface area contributed by atoms with Gasteiger partial charge in [0, 0.05) is 13.7 Å². The molecule has 2 N–H and O–H groups in total. The summed E-state index contributed by atoms with van der Waals surface area (Å²) in [6.45, 7) is 1.29. The lowest BCUT2D eigenvalue weighted by molar-refractivity contribution is 0.187. The summed E-state index contributed by atoms with van der Waals surface area (Å²) >= 11 is 0. The fourth-order valence-electron chi connectivity index (χ4n) is 1.38. The van der Waals surface area contributed by atoms with Gasteiger partial charge in [-0.1, -0.05) is 6.07 Å². The molecule has 0 aliphatic rings. The molecule has 0 radical (unpaired) electrons. The Kier molecular flexibility index (Phi) is 3.11. The van der Waals surface area contributed by atoms with Gasteiger partial charge in [0.2, 0.25) is 0 Å². The Hall–Kier alpha value is -1.95. The lowest BCUT2D eigenvalue weighted by Gasteiger charge is -2.05. The molecule has 0 atom stereocenters. The Morgan fingerprint density at radius 2 is 2.31 bits per heavy atom. The molecule has 0 aromatic carbocycles. The maximum Gasteiger partial charge on any atom is 0.182 e. The molecule has 0 amide bonds. The van der Waals surface area contributed by atoms with Gasteiger partial charge in [0.05, 0.1) is 6.61 Å². The number of pyridine rings is 1. The zero-order chi connectivity index (χ0) is 11.4. The second-order valence-corrected chi connectivity index (χ2v) is 3.29. The van der Waals surface area contributed by atoms with Crippen LogP contribution in [0.4, 0.5) is 5.82 Å². The molecular formula is C10H13N5O. The van der Waals surface area contributed by atoms with E-state index in [9.17, 15) is 0 Å². The van der Waals surface area contributed by atoms with E-state index in [-0.39, 0.29) is 0 Å². The van der Waals surface area contributed by atoms with Crippen LogP contribution in [0.5, 0.6) is 0 Å². The number of methoxy groups -OCH3 is 1. The Bertz CT molecular complexity index is 468. The lowest BCUT2D eigenvalue weighted by Crippen LogP contribution is -2.06. The number of aromatic nitrogens is 4. The van der Waals surface area contributed by atoms with E-state index in [0.29, 0.717) is 30.5 Å². The van der Waals surface area contributed by atoms with Crippen LogP contribution in [0.25, 0.3) is 11.5 Å². The Labute approximate surface area is 93.1 Å². The van der Waals surface area contributed by atoms with Gasteiger partial charge in [-0.2, -0.15) is 0 Å². The number of ether oxygens (including phenoxy) is 1. The molecule has 0 aliphatic heterocycles. The van der Waals surface area contributed by atoms with Crippen molar-refractivity contribution in [2.24, 2.45) is 0 Å². The number of nitrogens with two attached hydrogens (primary N) is 1. The lowest BCUT2D eigenvalue weighted by atomic mass is 10.3. The average molecular weight is 219 g/mol. The van der Waals surface area contributed by atoms with Crippen LogP contribution in [-0.2, 0) is 11.3 Å². The van der Waals surface area contributed by atoms with Crippen molar-refractivity contribution in [2.75, 3.05) is 19.5 Å². The maximum absolute atomic E-state index is 5.62. The van der Waals surface area contributed by atoms with Gasteiger partial charge in [-0.3, -0.25) is 0 Å². The van der Waals surface area contributed by atoms with E-state index in [4.69, 9.17) is 10.5 Å². The predicted molar refractivity (Wildman–Crippen MR) is 59.5 cm³/mol. The molecule has 2 aromatic rings. The molecule has 0 saturated heterocycles. The Morgan fingerprint density at radius 3 is 3.06 bits per heavy atom. The summed E-state index contributed by atoms with van der Waals surface area (Å²) < 4.78 is 6.89. The van der Waals surface area contributed by atoms with Crippen LogP contribution in [0.1, 0.15) is 0 Å². The molecule has 0 bridgehead atoms. The van der Waals surface area contributed by atoms with Gasteiger partial charge < -0.3 is 15.0 Å². The topological polar surface area (TPSA) is 78.8 Å². The van der Waals surface area contributed by atoms with Gasteiger partial charge in [0.1, 0.15) is 17.8 Å². The SMILES string of the molecule is COCCn1cnnc1-c1cccc(N)n1. The van der Waals surface area contributed by atoms with Crippen LogP contribution in [0, 0.1) is 0 Å². The molecule has 2 rings (SSSR count). The fraction of sp³-hybridized carbons (Fsp3) is 0.300. The van der Waals surface area contributed by atoms with Gasteiger partial charge in [0.25, 0.3) is 0 Å². The first-order valence-electron chi connectivity index (χ1n) is 4.91. The first kappa shape index (κ1) is 10.6. The van der Waals surface area contributed by atoms with Crippen molar-refractivity contribution in [3.05, 3.63) is 24.5 Å². The zero-order valence-electron chi connectivity index (χ0n) is 9.00. The van der Waals surface area contributed by atoms with Crippen LogP contribution >= 0.6 is 0 Å². The van der Waals surface area contributed by atoms with E-state index in [1.807, 2.05) is 16.7 Å². The monoisotopic (exact) mass is 219 g/mol. The zero-order valence-corrected chi connectivity index (χ0v) is 9.00. The highest BCUT2D eigenvalue weighted by Crippen LogP contribution is 2.14. The van der Waals surface area contributed by atoms with Crippen molar-refractivity contribution < 1.29 is 4.74 Å². The van der Waals surface area contributed by atoms with E-state index in [1.54, 1.807) is 19.5 Å². The van der Waals surface area contributed by atoms with Gasteiger partial charge in [0.15, 0.2) is 5.82 Å². The highest BCUT2D eigenvalue weighted by atomic mass is 16.5. The summed E-state index contributed by atoms with van der Waals surface area (Å²) in [5.74, 6) is 1.17. The average Bonchev–Trinajstić information content (AvgIpc) is 2.74. The molecule has 0 saturated carbocycles. The quantitative estimate of drug-likeness (QED) is 0.813. The summed E-state index contributed by atoms with van der Waals surface area (Å²) in [6.07, 6.45) is 1.65. The van der Waals surface area contributed by atoms with Crippen LogP contribution < -0.4 is 5.73 Å². The maximum atomic E-state index is 5.62. The molecule has 0 aliphatic carbocycles. The van der Waals surface area contributed by atoms with Crippen molar-refractivity contribution in [3.63, 3.8) is 0 Å². The third-order valence-corrected chi connectivity index (χ3v) is 2.15. The molecule has 2 aromatic heterocycles. The van der Waals surface area contributed by atoms with Crippen molar-refractivity contribution >= 4 is 5.82 Å². The summed E-state index contributed by atoms with van der Waals surface area (Å²) in [6, 6.07) is 5.43. The van der Waals surface area contributed by atoms with Crippen LogP contribution in [0.3, 0.4) is 0 Å². The van der Waals surface area contributed by atoms with Crippen LogP contribution in [0.2, 0.25) is 0 Å². The number of hydrogen-bond acceptors (Lipinski definition) is 5. The van der Waals surface area contributed by atoms with Gasteiger partial charge in [-0.05, 0) is 12.1 Å². The molecule has 0 unspecified atom stereocenters. The highest BCUT2D eigenvalue weighted by molar-refractivity contribution is 5.52. The standard InChI is InChI=1S/C10H13N5O/c1-16-6-5-15-7-12-14-10(15)8-3-2-4-9(11)13-8/h2-4,7H,5-6H2,1H3,(H2,11,13). The first-order chi connectivity index (χ1) is 7.81. The number of nitrogen functional groups attached to an aromatic ring is 1. The summed E-state index contributed by atoms with van der Waals surface area (Å²) in [4.78, 5) is 4.20. The van der Waals surface area contributed by atoms with Crippen molar-refractivity contribution in [2.45, 2.75) is 6.54 Å². The largest absolute Gasteiger partial charge is 0.384 e.